The molecule has 0 aromatic heterocycles. The molecule has 2 unspecified atom stereocenters. The van der Waals surface area contributed by atoms with Gasteiger partial charge in [-0.2, -0.15) is 5.26 Å². The summed E-state index contributed by atoms with van der Waals surface area (Å²) in [6.07, 6.45) is 1.28. The summed E-state index contributed by atoms with van der Waals surface area (Å²) in [6.45, 7) is 5.70. The molecule has 1 aromatic rings. The van der Waals surface area contributed by atoms with Crippen LogP contribution in [0.5, 0.6) is 0 Å². The van der Waals surface area contributed by atoms with E-state index in [-0.39, 0.29) is 0 Å². The van der Waals surface area contributed by atoms with Crippen molar-refractivity contribution in [2.45, 2.75) is 19.4 Å². The summed E-state index contributed by atoms with van der Waals surface area (Å²) in [7, 11) is 2.02. The third-order valence-corrected chi connectivity index (χ3v) is 3.88. The molecule has 1 aliphatic rings. The Morgan fingerprint density at radius 1 is 1.44 bits per heavy atom. The van der Waals surface area contributed by atoms with Crippen LogP contribution < -0.4 is 5.32 Å². The van der Waals surface area contributed by atoms with Crippen LogP contribution in [0.4, 0.5) is 0 Å². The van der Waals surface area contributed by atoms with Gasteiger partial charge in [-0.25, -0.2) is 0 Å². The smallest absolute Gasteiger partial charge is 0.0991 e. The van der Waals surface area contributed by atoms with Crippen LogP contribution in [-0.4, -0.2) is 31.6 Å². The highest BCUT2D eigenvalue weighted by atomic mass is 15.2. The molecule has 1 aromatic carbocycles. The van der Waals surface area contributed by atoms with Crippen LogP contribution in [0.25, 0.3) is 0 Å². The maximum absolute atomic E-state index is 8.81. The molecule has 96 valence electrons. The Morgan fingerprint density at radius 3 is 2.78 bits per heavy atom. The van der Waals surface area contributed by atoms with E-state index in [9.17, 15) is 0 Å². The van der Waals surface area contributed by atoms with E-state index in [0.717, 1.165) is 18.0 Å². The minimum atomic E-state index is 0.444. The van der Waals surface area contributed by atoms with E-state index in [0.29, 0.717) is 6.04 Å². The summed E-state index contributed by atoms with van der Waals surface area (Å²) in [4.78, 5) is 2.53. The van der Waals surface area contributed by atoms with Gasteiger partial charge in [0, 0.05) is 12.6 Å². The Hall–Kier alpha value is -1.37. The second-order valence-electron chi connectivity index (χ2n) is 5.12. The Balaban J connectivity index is 1.99. The first-order valence-electron chi connectivity index (χ1n) is 6.63. The molecule has 1 aliphatic heterocycles. The van der Waals surface area contributed by atoms with Gasteiger partial charge in [-0.05, 0) is 57.1 Å². The van der Waals surface area contributed by atoms with Crippen LogP contribution in [0.2, 0.25) is 0 Å². The molecule has 0 radical (unpaired) electrons. The lowest BCUT2D eigenvalue weighted by Gasteiger charge is -2.24. The van der Waals surface area contributed by atoms with Crippen molar-refractivity contribution in [3.05, 3.63) is 35.4 Å². The van der Waals surface area contributed by atoms with Gasteiger partial charge in [0.1, 0.15) is 0 Å². The maximum atomic E-state index is 8.81. The van der Waals surface area contributed by atoms with Crippen molar-refractivity contribution in [3.63, 3.8) is 0 Å². The SMILES string of the molecule is CNCC1CCN(C(C)c2ccc(C#N)cc2)C1. The number of nitrogens with zero attached hydrogens (tertiary/aromatic N) is 2. The van der Waals surface area contributed by atoms with Crippen LogP contribution in [0.1, 0.15) is 30.5 Å². The molecule has 0 amide bonds. The Labute approximate surface area is 109 Å². The highest BCUT2D eigenvalue weighted by Crippen LogP contribution is 2.27. The highest BCUT2D eigenvalue weighted by Gasteiger charge is 2.26. The van der Waals surface area contributed by atoms with Crippen LogP contribution >= 0.6 is 0 Å². The molecule has 2 atom stereocenters. The first-order valence-corrected chi connectivity index (χ1v) is 6.63. The van der Waals surface area contributed by atoms with E-state index < -0.39 is 0 Å². The molecule has 0 spiro atoms. The van der Waals surface area contributed by atoms with Crippen LogP contribution in [0, 0.1) is 17.2 Å². The molecule has 18 heavy (non-hydrogen) atoms. The van der Waals surface area contributed by atoms with Crippen LogP contribution in [-0.2, 0) is 0 Å². The van der Waals surface area contributed by atoms with E-state index in [4.69, 9.17) is 5.26 Å². The molecular formula is C15H21N3. The third kappa shape index (κ3) is 2.90. The molecule has 2 rings (SSSR count). The molecule has 1 heterocycles. The first-order chi connectivity index (χ1) is 8.74. The van der Waals surface area contributed by atoms with Gasteiger partial charge in [0.25, 0.3) is 0 Å². The second kappa shape index (κ2) is 5.99. The Bertz CT molecular complexity index is 418. The zero-order valence-electron chi connectivity index (χ0n) is 11.2. The van der Waals surface area contributed by atoms with Crippen molar-refractivity contribution < 1.29 is 0 Å². The highest BCUT2D eigenvalue weighted by molar-refractivity contribution is 5.32. The number of rotatable bonds is 4. The zero-order chi connectivity index (χ0) is 13.0. The summed E-state index contributed by atoms with van der Waals surface area (Å²) >= 11 is 0. The maximum Gasteiger partial charge on any atom is 0.0991 e. The lowest BCUT2D eigenvalue weighted by atomic mass is 10.1. The van der Waals surface area contributed by atoms with E-state index in [1.165, 1.54) is 25.1 Å². The summed E-state index contributed by atoms with van der Waals surface area (Å²) in [5.74, 6) is 0.774. The van der Waals surface area contributed by atoms with Crippen LogP contribution in [0.15, 0.2) is 24.3 Å². The third-order valence-electron chi connectivity index (χ3n) is 3.88. The number of nitrogens with one attached hydrogen (secondary N) is 1. The summed E-state index contributed by atoms with van der Waals surface area (Å²) in [5, 5.41) is 12.1. The van der Waals surface area contributed by atoms with Gasteiger partial charge in [0.15, 0.2) is 0 Å². The topological polar surface area (TPSA) is 39.1 Å². The van der Waals surface area contributed by atoms with E-state index in [2.05, 4.69) is 35.3 Å². The van der Waals surface area contributed by atoms with Crippen molar-refractivity contribution in [3.8, 4) is 6.07 Å². The lowest BCUT2D eigenvalue weighted by molar-refractivity contribution is 0.252. The minimum Gasteiger partial charge on any atom is -0.319 e. The fourth-order valence-electron chi connectivity index (χ4n) is 2.72. The van der Waals surface area contributed by atoms with Crippen molar-refractivity contribution in [2.75, 3.05) is 26.7 Å². The number of nitriles is 1. The standard InChI is InChI=1S/C15H21N3/c1-12(15-5-3-13(9-16)4-6-15)18-8-7-14(11-18)10-17-2/h3-6,12,14,17H,7-8,10-11H2,1-2H3. The average Bonchev–Trinajstić information content (AvgIpc) is 2.87. The van der Waals surface area contributed by atoms with Crippen LogP contribution in [0.3, 0.4) is 0 Å². The zero-order valence-corrected chi connectivity index (χ0v) is 11.2. The summed E-state index contributed by atoms with van der Waals surface area (Å²) < 4.78 is 0. The van der Waals surface area contributed by atoms with Crippen molar-refractivity contribution >= 4 is 0 Å². The van der Waals surface area contributed by atoms with Gasteiger partial charge in [-0.1, -0.05) is 12.1 Å². The van der Waals surface area contributed by atoms with E-state index in [1.807, 2.05) is 19.2 Å². The Kier molecular flexibility index (Phi) is 4.35. The first kappa shape index (κ1) is 13.1. The average molecular weight is 243 g/mol. The molecule has 0 bridgehead atoms. The fourth-order valence-corrected chi connectivity index (χ4v) is 2.72. The molecular weight excluding hydrogens is 222 g/mol. The number of hydrogen-bond acceptors (Lipinski definition) is 3. The molecule has 3 heteroatoms. The fraction of sp³-hybridized carbons (Fsp3) is 0.533. The lowest BCUT2D eigenvalue weighted by Crippen LogP contribution is -2.27. The molecule has 1 N–H and O–H groups in total. The van der Waals surface area contributed by atoms with E-state index in [1.54, 1.807) is 0 Å². The van der Waals surface area contributed by atoms with Crippen molar-refractivity contribution in [1.29, 1.82) is 5.26 Å². The molecule has 1 saturated heterocycles. The van der Waals surface area contributed by atoms with Crippen molar-refractivity contribution in [2.24, 2.45) is 5.92 Å². The van der Waals surface area contributed by atoms with Gasteiger partial charge in [-0.15, -0.1) is 0 Å². The molecule has 1 fully saturated rings. The minimum absolute atomic E-state index is 0.444. The predicted octanol–water partition coefficient (Wildman–Crippen LogP) is 2.16. The summed E-state index contributed by atoms with van der Waals surface area (Å²) in [5.41, 5.74) is 2.04. The summed E-state index contributed by atoms with van der Waals surface area (Å²) in [6, 6.07) is 10.6. The molecule has 0 saturated carbocycles. The van der Waals surface area contributed by atoms with Gasteiger partial charge >= 0.3 is 0 Å². The van der Waals surface area contributed by atoms with Gasteiger partial charge < -0.3 is 5.32 Å². The number of likely N-dealkylation sites (tertiary alicyclic amines) is 1. The predicted molar refractivity (Wildman–Crippen MR) is 73.2 cm³/mol. The Morgan fingerprint density at radius 2 is 2.17 bits per heavy atom. The van der Waals surface area contributed by atoms with Crippen molar-refractivity contribution in [1.82, 2.24) is 10.2 Å². The van der Waals surface area contributed by atoms with Gasteiger partial charge in [-0.3, -0.25) is 4.90 Å². The largest absolute Gasteiger partial charge is 0.319 e. The number of hydrogen-bond donors (Lipinski definition) is 1. The molecule has 0 aliphatic carbocycles. The molecule has 3 nitrogen and oxygen atoms in total. The van der Waals surface area contributed by atoms with E-state index >= 15 is 0 Å². The van der Waals surface area contributed by atoms with Gasteiger partial charge in [0.2, 0.25) is 0 Å². The second-order valence-corrected chi connectivity index (χ2v) is 5.12. The number of benzene rings is 1. The monoisotopic (exact) mass is 243 g/mol. The normalized spacial score (nSPS) is 21.7. The quantitative estimate of drug-likeness (QED) is 0.881. The van der Waals surface area contributed by atoms with Gasteiger partial charge in [0.05, 0.1) is 11.6 Å².